The molecule has 1 aromatic carbocycles. The number of nitrogens with zero attached hydrogens (tertiary/aromatic N) is 2. The summed E-state index contributed by atoms with van der Waals surface area (Å²) in [6.45, 7) is 4.23. The Morgan fingerprint density at radius 1 is 1.20 bits per heavy atom. The number of imidazole rings is 1. The first-order valence-corrected chi connectivity index (χ1v) is 5.64. The summed E-state index contributed by atoms with van der Waals surface area (Å²) in [5, 5.41) is 0. The van der Waals surface area contributed by atoms with Gasteiger partial charge in [0.15, 0.2) is 0 Å². The molecule has 0 aliphatic carbocycles. The summed E-state index contributed by atoms with van der Waals surface area (Å²) in [6, 6.07) is 6.31. The van der Waals surface area contributed by atoms with Crippen LogP contribution in [0.15, 0.2) is 29.0 Å². The Balaban J connectivity index is 2.68. The van der Waals surface area contributed by atoms with E-state index < -0.39 is 0 Å². The lowest BCUT2D eigenvalue weighted by molar-refractivity contribution is 0.921. The molecule has 0 amide bonds. The molecule has 2 aromatic rings. The van der Waals surface area contributed by atoms with Crippen LogP contribution in [0.5, 0.6) is 0 Å². The average Bonchev–Trinajstić information content (AvgIpc) is 2.45. The lowest BCUT2D eigenvalue weighted by Gasteiger charge is -2.08. The largest absolute Gasteiger partial charge is 0.333 e. The number of hydrogen-bond acceptors (Lipinski definition) is 1. The van der Waals surface area contributed by atoms with Crippen molar-refractivity contribution in [2.24, 2.45) is 7.05 Å². The minimum atomic E-state index is 0.877. The van der Waals surface area contributed by atoms with Crippen LogP contribution in [0.25, 0.3) is 11.4 Å². The molecule has 3 heteroatoms. The van der Waals surface area contributed by atoms with E-state index in [-0.39, 0.29) is 0 Å². The van der Waals surface area contributed by atoms with Crippen molar-refractivity contribution in [2.75, 3.05) is 0 Å². The monoisotopic (exact) mass is 264 g/mol. The molecule has 0 aliphatic rings. The van der Waals surface area contributed by atoms with Gasteiger partial charge in [0.2, 0.25) is 0 Å². The van der Waals surface area contributed by atoms with Crippen LogP contribution in [0.2, 0.25) is 0 Å². The Hall–Kier alpha value is -1.09. The second-order valence-corrected chi connectivity index (χ2v) is 4.58. The van der Waals surface area contributed by atoms with Crippen LogP contribution in [0.3, 0.4) is 0 Å². The fraction of sp³-hybridized carbons (Fsp3) is 0.250. The normalized spacial score (nSPS) is 10.7. The Morgan fingerprint density at radius 3 is 2.27 bits per heavy atom. The molecule has 0 bridgehead atoms. The molecular formula is C12H13BrN2. The van der Waals surface area contributed by atoms with E-state index in [0.717, 1.165) is 10.4 Å². The summed E-state index contributed by atoms with van der Waals surface area (Å²) in [5.41, 5.74) is 3.75. The second kappa shape index (κ2) is 3.81. The van der Waals surface area contributed by atoms with E-state index in [1.807, 2.05) is 17.8 Å². The number of halogens is 1. The minimum Gasteiger partial charge on any atom is -0.333 e. The van der Waals surface area contributed by atoms with Gasteiger partial charge in [0, 0.05) is 18.8 Å². The van der Waals surface area contributed by atoms with Crippen molar-refractivity contribution >= 4 is 15.9 Å². The molecule has 0 N–H and O–H groups in total. The Bertz CT molecular complexity index is 480. The maximum absolute atomic E-state index is 4.48. The summed E-state index contributed by atoms with van der Waals surface area (Å²) < 4.78 is 2.92. The van der Waals surface area contributed by atoms with Crippen LogP contribution < -0.4 is 0 Å². The molecule has 78 valence electrons. The highest BCUT2D eigenvalue weighted by molar-refractivity contribution is 9.10. The van der Waals surface area contributed by atoms with Gasteiger partial charge in [0.25, 0.3) is 0 Å². The Morgan fingerprint density at radius 2 is 1.80 bits per heavy atom. The van der Waals surface area contributed by atoms with Crippen molar-refractivity contribution in [2.45, 2.75) is 13.8 Å². The molecule has 0 saturated heterocycles. The zero-order valence-corrected chi connectivity index (χ0v) is 10.7. The van der Waals surface area contributed by atoms with Gasteiger partial charge in [-0.2, -0.15) is 0 Å². The molecule has 2 nitrogen and oxygen atoms in total. The number of benzene rings is 1. The van der Waals surface area contributed by atoms with Crippen LogP contribution in [0, 0.1) is 13.8 Å². The summed E-state index contributed by atoms with van der Waals surface area (Å²) >= 11 is 3.40. The van der Waals surface area contributed by atoms with Gasteiger partial charge < -0.3 is 4.57 Å². The molecule has 0 spiro atoms. The van der Waals surface area contributed by atoms with E-state index in [1.54, 1.807) is 0 Å². The molecule has 0 saturated carbocycles. The van der Waals surface area contributed by atoms with E-state index in [4.69, 9.17) is 0 Å². The summed E-state index contributed by atoms with van der Waals surface area (Å²) in [4.78, 5) is 4.48. The number of hydrogen-bond donors (Lipinski definition) is 0. The zero-order chi connectivity index (χ0) is 11.0. The van der Waals surface area contributed by atoms with Crippen molar-refractivity contribution in [3.8, 4) is 11.4 Å². The molecular weight excluding hydrogens is 252 g/mol. The molecule has 0 atom stereocenters. The Labute approximate surface area is 98.1 Å². The summed E-state index contributed by atoms with van der Waals surface area (Å²) in [5.74, 6) is 1.01. The van der Waals surface area contributed by atoms with Crippen molar-refractivity contribution in [1.82, 2.24) is 9.55 Å². The standard InChI is InChI=1S/C12H13BrN2/c1-8-5-4-6-9(2)11(8)12-14-10(13)7-15(12)3/h4-7H,1-3H3. The van der Waals surface area contributed by atoms with Crippen molar-refractivity contribution < 1.29 is 0 Å². The number of aromatic nitrogens is 2. The third kappa shape index (κ3) is 1.84. The molecule has 1 heterocycles. The fourth-order valence-corrected chi connectivity index (χ4v) is 2.30. The van der Waals surface area contributed by atoms with E-state index in [0.29, 0.717) is 0 Å². The van der Waals surface area contributed by atoms with Crippen LogP contribution in [0.4, 0.5) is 0 Å². The summed E-state index contributed by atoms with van der Waals surface area (Å²) in [6.07, 6.45) is 1.97. The van der Waals surface area contributed by atoms with E-state index in [2.05, 4.69) is 53.0 Å². The lowest BCUT2D eigenvalue weighted by Crippen LogP contribution is -1.95. The second-order valence-electron chi connectivity index (χ2n) is 3.76. The van der Waals surface area contributed by atoms with Gasteiger partial charge in [-0.05, 0) is 40.9 Å². The number of aryl methyl sites for hydroxylation is 3. The van der Waals surface area contributed by atoms with Crippen LogP contribution in [-0.4, -0.2) is 9.55 Å². The van der Waals surface area contributed by atoms with Gasteiger partial charge in [-0.3, -0.25) is 0 Å². The van der Waals surface area contributed by atoms with Crippen molar-refractivity contribution in [3.63, 3.8) is 0 Å². The van der Waals surface area contributed by atoms with Crippen LogP contribution in [0.1, 0.15) is 11.1 Å². The average molecular weight is 265 g/mol. The quantitative estimate of drug-likeness (QED) is 0.772. The Kier molecular flexibility index (Phi) is 2.65. The molecule has 1 aromatic heterocycles. The lowest BCUT2D eigenvalue weighted by atomic mass is 10.0. The summed E-state index contributed by atoms with van der Waals surface area (Å²) in [7, 11) is 2.01. The predicted octanol–water partition coefficient (Wildman–Crippen LogP) is 3.47. The molecule has 0 unspecified atom stereocenters. The predicted molar refractivity (Wildman–Crippen MR) is 65.8 cm³/mol. The van der Waals surface area contributed by atoms with Crippen molar-refractivity contribution in [1.29, 1.82) is 0 Å². The highest BCUT2D eigenvalue weighted by Gasteiger charge is 2.10. The van der Waals surface area contributed by atoms with Crippen LogP contribution >= 0.6 is 15.9 Å². The highest BCUT2D eigenvalue weighted by Crippen LogP contribution is 2.26. The first kappa shape index (κ1) is 10.4. The first-order chi connectivity index (χ1) is 7.09. The zero-order valence-electron chi connectivity index (χ0n) is 9.08. The third-order valence-electron chi connectivity index (χ3n) is 2.55. The van der Waals surface area contributed by atoms with Gasteiger partial charge in [0.05, 0.1) is 0 Å². The molecule has 0 aliphatic heterocycles. The highest BCUT2D eigenvalue weighted by atomic mass is 79.9. The molecule has 2 rings (SSSR count). The topological polar surface area (TPSA) is 17.8 Å². The molecule has 0 fully saturated rings. The maximum atomic E-state index is 4.48. The maximum Gasteiger partial charge on any atom is 0.141 e. The smallest absolute Gasteiger partial charge is 0.141 e. The van der Waals surface area contributed by atoms with Gasteiger partial charge in [0.1, 0.15) is 10.4 Å². The number of rotatable bonds is 1. The fourth-order valence-electron chi connectivity index (χ4n) is 1.83. The third-order valence-corrected chi connectivity index (χ3v) is 2.93. The molecule has 0 radical (unpaired) electrons. The van der Waals surface area contributed by atoms with Gasteiger partial charge >= 0.3 is 0 Å². The van der Waals surface area contributed by atoms with Crippen LogP contribution in [-0.2, 0) is 7.05 Å². The minimum absolute atomic E-state index is 0.877. The first-order valence-electron chi connectivity index (χ1n) is 4.85. The molecule has 15 heavy (non-hydrogen) atoms. The van der Waals surface area contributed by atoms with E-state index in [1.165, 1.54) is 16.7 Å². The van der Waals surface area contributed by atoms with Gasteiger partial charge in [-0.15, -0.1) is 0 Å². The van der Waals surface area contributed by atoms with E-state index in [9.17, 15) is 0 Å². The van der Waals surface area contributed by atoms with Gasteiger partial charge in [-0.1, -0.05) is 18.2 Å². The van der Waals surface area contributed by atoms with Gasteiger partial charge in [-0.25, -0.2) is 4.98 Å². The SMILES string of the molecule is Cc1cccc(C)c1-c1nc(Br)cn1C. The van der Waals surface area contributed by atoms with Crippen molar-refractivity contribution in [3.05, 3.63) is 40.1 Å². The van der Waals surface area contributed by atoms with E-state index >= 15 is 0 Å².